The lowest BCUT2D eigenvalue weighted by Gasteiger charge is -2.34. The van der Waals surface area contributed by atoms with E-state index in [0.29, 0.717) is 31.6 Å². The second-order valence-corrected chi connectivity index (χ2v) is 6.05. The molecule has 0 saturated carbocycles. The minimum atomic E-state index is -0.991. The van der Waals surface area contributed by atoms with E-state index in [9.17, 15) is 9.59 Å². The minimum Gasteiger partial charge on any atom is -0.480 e. The van der Waals surface area contributed by atoms with E-state index < -0.39 is 12.0 Å². The number of amides is 1. The van der Waals surface area contributed by atoms with E-state index in [2.05, 4.69) is 20.2 Å². The molecule has 1 aliphatic rings. The van der Waals surface area contributed by atoms with E-state index in [1.807, 2.05) is 12.1 Å². The first kappa shape index (κ1) is 16.2. The van der Waals surface area contributed by atoms with Crippen LogP contribution in [0.5, 0.6) is 0 Å². The average Bonchev–Trinajstić information content (AvgIpc) is 3.07. The van der Waals surface area contributed by atoms with Crippen LogP contribution in [0, 0.1) is 5.92 Å². The summed E-state index contributed by atoms with van der Waals surface area (Å²) in [4.78, 5) is 26.9. The van der Waals surface area contributed by atoms with Gasteiger partial charge >= 0.3 is 5.97 Å². The monoisotopic (exact) mass is 332 g/mol. The van der Waals surface area contributed by atoms with Crippen molar-refractivity contribution in [2.24, 2.45) is 5.92 Å². The van der Waals surface area contributed by atoms with Crippen molar-refractivity contribution in [1.82, 2.24) is 24.7 Å². The fourth-order valence-electron chi connectivity index (χ4n) is 2.89. The van der Waals surface area contributed by atoms with Gasteiger partial charge in [0.2, 0.25) is 5.91 Å². The highest BCUT2D eigenvalue weighted by Crippen LogP contribution is 2.23. The molecule has 1 amide bonds. The number of aliphatic carboxylic acids is 1. The maximum Gasteiger partial charge on any atom is 0.326 e. The molecule has 9 heteroatoms. The Labute approximate surface area is 138 Å². The molecule has 0 aliphatic carbocycles. The number of hydrogen-bond donors (Lipinski definition) is 1. The number of rotatable bonds is 4. The number of carbonyl (C=O) groups is 2. The quantitative estimate of drug-likeness (QED) is 0.857. The third kappa shape index (κ3) is 3.01. The number of nitrogens with zero attached hydrogens (tertiary/aromatic N) is 6. The highest BCUT2D eigenvalue weighted by atomic mass is 16.4. The fourth-order valence-corrected chi connectivity index (χ4v) is 2.89. The second kappa shape index (κ2) is 6.42. The molecule has 3 heterocycles. The van der Waals surface area contributed by atoms with Gasteiger partial charge in [-0.25, -0.2) is 4.79 Å². The number of carboxylic acids is 1. The summed E-state index contributed by atoms with van der Waals surface area (Å²) in [5.41, 5.74) is 0.688. The molecule has 1 unspecified atom stereocenters. The standard InChI is InChI=1S/C15H20N6O3/c1-10(15(23)24)19(2)14(22)11-5-7-20(8-6-11)13-4-3-12-17-16-9-21(12)18-13/h3-4,9-11H,5-8H2,1-2H3,(H,23,24). The first-order valence-corrected chi connectivity index (χ1v) is 7.89. The van der Waals surface area contributed by atoms with Gasteiger partial charge in [0.1, 0.15) is 18.2 Å². The molecule has 0 radical (unpaired) electrons. The summed E-state index contributed by atoms with van der Waals surface area (Å²) in [6, 6.07) is 2.94. The molecule has 0 aromatic carbocycles. The first-order chi connectivity index (χ1) is 11.5. The van der Waals surface area contributed by atoms with E-state index in [1.165, 1.54) is 11.8 Å². The Morgan fingerprint density at radius 2 is 2.04 bits per heavy atom. The van der Waals surface area contributed by atoms with Crippen molar-refractivity contribution in [1.29, 1.82) is 0 Å². The van der Waals surface area contributed by atoms with E-state index in [1.54, 1.807) is 17.9 Å². The molecular weight excluding hydrogens is 312 g/mol. The van der Waals surface area contributed by atoms with Crippen LogP contribution in [-0.2, 0) is 9.59 Å². The summed E-state index contributed by atoms with van der Waals surface area (Å²) in [5.74, 6) is -0.423. The summed E-state index contributed by atoms with van der Waals surface area (Å²) < 4.78 is 1.62. The van der Waals surface area contributed by atoms with Crippen LogP contribution in [0.4, 0.5) is 5.82 Å². The van der Waals surface area contributed by atoms with Gasteiger partial charge in [-0.05, 0) is 31.9 Å². The summed E-state index contributed by atoms with van der Waals surface area (Å²) in [6.45, 7) is 2.92. The normalized spacial score (nSPS) is 17.0. The van der Waals surface area contributed by atoms with Crippen LogP contribution in [0.3, 0.4) is 0 Å². The van der Waals surface area contributed by atoms with Crippen LogP contribution in [0.25, 0.3) is 5.65 Å². The van der Waals surface area contributed by atoms with Gasteiger partial charge in [-0.1, -0.05) is 0 Å². The Balaban J connectivity index is 1.62. The topological polar surface area (TPSA) is 104 Å². The predicted octanol–water partition coefficient (Wildman–Crippen LogP) is 0.272. The largest absolute Gasteiger partial charge is 0.480 e. The van der Waals surface area contributed by atoms with Gasteiger partial charge in [-0.15, -0.1) is 15.3 Å². The lowest BCUT2D eigenvalue weighted by atomic mass is 9.95. The van der Waals surface area contributed by atoms with Gasteiger partial charge in [-0.3, -0.25) is 4.79 Å². The van der Waals surface area contributed by atoms with Crippen molar-refractivity contribution in [2.45, 2.75) is 25.8 Å². The molecule has 2 aromatic heterocycles. The number of fused-ring (bicyclic) bond motifs is 1. The highest BCUT2D eigenvalue weighted by Gasteiger charge is 2.31. The molecule has 2 aromatic rings. The SMILES string of the molecule is CC(C(=O)O)N(C)C(=O)C1CCN(c2ccc3nncn3n2)CC1. The van der Waals surface area contributed by atoms with E-state index in [0.717, 1.165) is 5.82 Å². The lowest BCUT2D eigenvalue weighted by molar-refractivity contribution is -0.150. The molecular formula is C15H20N6O3. The molecule has 0 spiro atoms. The van der Waals surface area contributed by atoms with Crippen molar-refractivity contribution in [3.63, 3.8) is 0 Å². The molecule has 9 nitrogen and oxygen atoms in total. The zero-order chi connectivity index (χ0) is 17.3. The van der Waals surface area contributed by atoms with Crippen LogP contribution in [0.1, 0.15) is 19.8 Å². The summed E-state index contributed by atoms with van der Waals surface area (Å²) in [5, 5.41) is 21.2. The zero-order valence-electron chi connectivity index (χ0n) is 13.7. The van der Waals surface area contributed by atoms with Crippen molar-refractivity contribution < 1.29 is 14.7 Å². The summed E-state index contributed by atoms with van der Waals surface area (Å²) in [6.07, 6.45) is 2.91. The minimum absolute atomic E-state index is 0.105. The van der Waals surface area contributed by atoms with Gasteiger partial charge in [-0.2, -0.15) is 4.52 Å². The van der Waals surface area contributed by atoms with Gasteiger partial charge in [0, 0.05) is 26.1 Å². The predicted molar refractivity (Wildman–Crippen MR) is 85.6 cm³/mol. The van der Waals surface area contributed by atoms with Crippen molar-refractivity contribution in [3.8, 4) is 0 Å². The number of aromatic nitrogens is 4. The number of carboxylic acid groups (broad SMARTS) is 1. The number of anilines is 1. The molecule has 1 fully saturated rings. The first-order valence-electron chi connectivity index (χ1n) is 7.89. The fraction of sp³-hybridized carbons (Fsp3) is 0.533. The Hall–Kier alpha value is -2.71. The third-order valence-electron chi connectivity index (χ3n) is 4.60. The molecule has 0 bridgehead atoms. The molecule has 1 N–H and O–H groups in total. The Morgan fingerprint density at radius 1 is 1.33 bits per heavy atom. The number of carbonyl (C=O) groups excluding carboxylic acids is 1. The number of piperidine rings is 1. The summed E-state index contributed by atoms with van der Waals surface area (Å²) in [7, 11) is 1.55. The average molecular weight is 332 g/mol. The Morgan fingerprint density at radius 3 is 2.71 bits per heavy atom. The zero-order valence-corrected chi connectivity index (χ0v) is 13.7. The van der Waals surface area contributed by atoms with Gasteiger partial charge < -0.3 is 14.9 Å². The highest BCUT2D eigenvalue weighted by molar-refractivity contribution is 5.84. The molecule has 1 aliphatic heterocycles. The van der Waals surface area contributed by atoms with E-state index in [-0.39, 0.29) is 11.8 Å². The summed E-state index contributed by atoms with van der Waals surface area (Å²) >= 11 is 0. The number of hydrogen-bond acceptors (Lipinski definition) is 6. The smallest absolute Gasteiger partial charge is 0.326 e. The number of likely N-dealkylation sites (N-methyl/N-ethyl adjacent to an activating group) is 1. The van der Waals surface area contributed by atoms with Crippen molar-refractivity contribution >= 4 is 23.3 Å². The molecule has 1 atom stereocenters. The van der Waals surface area contributed by atoms with Crippen LogP contribution in [0.2, 0.25) is 0 Å². The maximum atomic E-state index is 12.4. The van der Waals surface area contributed by atoms with Crippen molar-refractivity contribution in [3.05, 3.63) is 18.5 Å². The Bertz CT molecular complexity index is 753. The Kier molecular flexibility index (Phi) is 4.32. The van der Waals surface area contributed by atoms with Crippen LogP contribution in [0.15, 0.2) is 18.5 Å². The second-order valence-electron chi connectivity index (χ2n) is 6.05. The van der Waals surface area contributed by atoms with Crippen molar-refractivity contribution in [2.75, 3.05) is 25.0 Å². The lowest BCUT2D eigenvalue weighted by Crippen LogP contribution is -2.46. The molecule has 1 saturated heterocycles. The third-order valence-corrected chi connectivity index (χ3v) is 4.60. The van der Waals surface area contributed by atoms with Crippen LogP contribution < -0.4 is 4.90 Å². The van der Waals surface area contributed by atoms with E-state index in [4.69, 9.17) is 5.11 Å². The van der Waals surface area contributed by atoms with E-state index >= 15 is 0 Å². The van der Waals surface area contributed by atoms with Gasteiger partial charge in [0.25, 0.3) is 0 Å². The van der Waals surface area contributed by atoms with Crippen LogP contribution >= 0.6 is 0 Å². The van der Waals surface area contributed by atoms with Gasteiger partial charge in [0.15, 0.2) is 5.65 Å². The molecule has 24 heavy (non-hydrogen) atoms. The molecule has 3 rings (SSSR count). The van der Waals surface area contributed by atoms with Crippen LogP contribution in [-0.4, -0.2) is 67.9 Å². The maximum absolute atomic E-state index is 12.4. The molecule has 128 valence electrons. The van der Waals surface area contributed by atoms with Gasteiger partial charge in [0.05, 0.1) is 0 Å².